The molecule has 0 saturated carbocycles. The van der Waals surface area contributed by atoms with Crippen molar-refractivity contribution in [1.29, 1.82) is 0 Å². The Labute approximate surface area is 66.9 Å². The van der Waals surface area contributed by atoms with Crippen molar-refractivity contribution in [2.24, 2.45) is 5.73 Å². The van der Waals surface area contributed by atoms with E-state index in [0.717, 1.165) is 0 Å². The summed E-state index contributed by atoms with van der Waals surface area (Å²) >= 11 is 0. The molecule has 64 valence electrons. The molecule has 11 heavy (non-hydrogen) atoms. The van der Waals surface area contributed by atoms with Crippen LogP contribution in [0.5, 0.6) is 0 Å². The predicted octanol–water partition coefficient (Wildman–Crippen LogP) is 1.14. The highest BCUT2D eigenvalue weighted by molar-refractivity contribution is 5.78. The van der Waals surface area contributed by atoms with Crippen LogP contribution < -0.4 is 5.73 Å². The summed E-state index contributed by atoms with van der Waals surface area (Å²) in [5.74, 6) is -0.932. The molecule has 0 aliphatic heterocycles. The minimum atomic E-state index is -1.08. The Morgan fingerprint density at radius 2 is 2.27 bits per heavy atom. The van der Waals surface area contributed by atoms with Gasteiger partial charge in [0.25, 0.3) is 0 Å². The van der Waals surface area contributed by atoms with Crippen LogP contribution in [-0.4, -0.2) is 16.6 Å². The lowest BCUT2D eigenvalue weighted by Gasteiger charge is -2.20. The van der Waals surface area contributed by atoms with Crippen molar-refractivity contribution in [3.8, 4) is 0 Å². The zero-order valence-electron chi connectivity index (χ0n) is 7.00. The van der Waals surface area contributed by atoms with Gasteiger partial charge in [0.05, 0.1) is 0 Å². The van der Waals surface area contributed by atoms with Gasteiger partial charge in [0, 0.05) is 0 Å². The van der Waals surface area contributed by atoms with E-state index in [9.17, 15) is 4.79 Å². The van der Waals surface area contributed by atoms with Crippen LogP contribution in [0.3, 0.4) is 0 Å². The van der Waals surface area contributed by atoms with E-state index in [1.165, 1.54) is 0 Å². The normalized spacial score (nSPS) is 16.6. The fourth-order valence-corrected chi connectivity index (χ4v) is 0.711. The number of carbonyl (C=O) groups is 1. The first-order chi connectivity index (χ1) is 5.06. The molecule has 0 amide bonds. The first kappa shape index (κ1) is 10.2. The summed E-state index contributed by atoms with van der Waals surface area (Å²) in [5.41, 5.74) is 4.50. The molecule has 3 N–H and O–H groups in total. The Morgan fingerprint density at radius 3 is 2.55 bits per heavy atom. The minimum Gasteiger partial charge on any atom is -0.480 e. The smallest absolute Gasteiger partial charge is 0.323 e. The van der Waals surface area contributed by atoms with Crippen LogP contribution in [0.4, 0.5) is 0 Å². The molecule has 1 atom stereocenters. The molecule has 0 aromatic heterocycles. The highest BCUT2D eigenvalue weighted by Gasteiger charge is 2.29. The van der Waals surface area contributed by atoms with E-state index in [1.807, 2.05) is 6.92 Å². The highest BCUT2D eigenvalue weighted by Crippen LogP contribution is 2.12. The van der Waals surface area contributed by atoms with Crippen LogP contribution in [0.1, 0.15) is 26.7 Å². The average molecular weight is 157 g/mol. The summed E-state index contributed by atoms with van der Waals surface area (Å²) in [4.78, 5) is 10.6. The van der Waals surface area contributed by atoms with Gasteiger partial charge < -0.3 is 10.8 Å². The van der Waals surface area contributed by atoms with Crippen molar-refractivity contribution < 1.29 is 9.90 Å². The maximum absolute atomic E-state index is 10.6. The Balaban J connectivity index is 4.22. The van der Waals surface area contributed by atoms with Crippen LogP contribution in [-0.2, 0) is 4.79 Å². The van der Waals surface area contributed by atoms with E-state index in [4.69, 9.17) is 10.8 Å². The summed E-state index contributed by atoms with van der Waals surface area (Å²) in [6.07, 6.45) is 4.43. The molecule has 0 bridgehead atoms. The monoisotopic (exact) mass is 157 g/mol. The van der Waals surface area contributed by atoms with Crippen LogP contribution in [0, 0.1) is 0 Å². The van der Waals surface area contributed by atoms with E-state index < -0.39 is 11.5 Å². The molecular formula is C8H15NO2. The van der Waals surface area contributed by atoms with Crippen molar-refractivity contribution in [3.05, 3.63) is 12.2 Å². The highest BCUT2D eigenvalue weighted by atomic mass is 16.4. The van der Waals surface area contributed by atoms with E-state index in [0.29, 0.717) is 12.8 Å². The van der Waals surface area contributed by atoms with E-state index in [1.54, 1.807) is 19.1 Å². The van der Waals surface area contributed by atoms with E-state index in [2.05, 4.69) is 0 Å². The minimum absolute atomic E-state index is 0.398. The van der Waals surface area contributed by atoms with Crippen molar-refractivity contribution in [2.75, 3.05) is 0 Å². The topological polar surface area (TPSA) is 63.3 Å². The molecule has 3 nitrogen and oxygen atoms in total. The van der Waals surface area contributed by atoms with Crippen molar-refractivity contribution in [1.82, 2.24) is 0 Å². The number of hydrogen-bond donors (Lipinski definition) is 2. The number of nitrogens with two attached hydrogens (primary N) is 1. The first-order valence-electron chi connectivity index (χ1n) is 3.70. The number of allylic oxidation sites excluding steroid dienone is 1. The summed E-state index contributed by atoms with van der Waals surface area (Å²) < 4.78 is 0. The molecule has 0 fully saturated rings. The third-order valence-electron chi connectivity index (χ3n) is 1.77. The second-order valence-electron chi connectivity index (χ2n) is 2.59. The second kappa shape index (κ2) is 4.13. The standard InChI is InChI=1S/C8H15NO2/c1-3-5-6-8(9,4-2)7(10)11/h3,5H,4,6,9H2,1-2H3,(H,10,11). The van der Waals surface area contributed by atoms with Gasteiger partial charge in [-0.05, 0) is 19.8 Å². The number of aliphatic carboxylic acids is 1. The average Bonchev–Trinajstić information content (AvgIpc) is 2.00. The summed E-state index contributed by atoms with van der Waals surface area (Å²) in [6.45, 7) is 3.62. The molecule has 0 saturated heterocycles. The van der Waals surface area contributed by atoms with Crippen LogP contribution in [0.15, 0.2) is 12.2 Å². The molecule has 0 aromatic rings. The molecule has 3 heteroatoms. The first-order valence-corrected chi connectivity index (χ1v) is 3.70. The third-order valence-corrected chi connectivity index (χ3v) is 1.77. The van der Waals surface area contributed by atoms with Gasteiger partial charge in [-0.25, -0.2) is 0 Å². The molecule has 0 aromatic carbocycles. The molecule has 0 radical (unpaired) electrons. The van der Waals surface area contributed by atoms with Gasteiger partial charge in [-0.2, -0.15) is 0 Å². The lowest BCUT2D eigenvalue weighted by atomic mass is 9.93. The van der Waals surface area contributed by atoms with Crippen molar-refractivity contribution >= 4 is 5.97 Å². The van der Waals surface area contributed by atoms with Crippen LogP contribution >= 0.6 is 0 Å². The second-order valence-corrected chi connectivity index (χ2v) is 2.59. The maximum Gasteiger partial charge on any atom is 0.323 e. The third kappa shape index (κ3) is 2.72. The van der Waals surface area contributed by atoms with Gasteiger partial charge >= 0.3 is 5.97 Å². The van der Waals surface area contributed by atoms with Gasteiger partial charge in [-0.3, -0.25) is 4.79 Å². The molecule has 0 heterocycles. The predicted molar refractivity (Wildman–Crippen MR) is 44.3 cm³/mol. The quantitative estimate of drug-likeness (QED) is 0.601. The van der Waals surface area contributed by atoms with Gasteiger partial charge in [0.1, 0.15) is 5.54 Å². The maximum atomic E-state index is 10.6. The molecule has 0 aliphatic carbocycles. The summed E-state index contributed by atoms with van der Waals surface area (Å²) in [7, 11) is 0. The molecule has 0 aliphatic rings. The largest absolute Gasteiger partial charge is 0.480 e. The number of carboxylic acids is 1. The Hall–Kier alpha value is -0.830. The lowest BCUT2D eigenvalue weighted by Crippen LogP contribution is -2.46. The summed E-state index contributed by atoms with van der Waals surface area (Å²) in [6, 6.07) is 0. The van der Waals surface area contributed by atoms with Crippen molar-refractivity contribution in [3.63, 3.8) is 0 Å². The van der Waals surface area contributed by atoms with E-state index in [-0.39, 0.29) is 0 Å². The zero-order valence-corrected chi connectivity index (χ0v) is 7.00. The lowest BCUT2D eigenvalue weighted by molar-refractivity contribution is -0.143. The Morgan fingerprint density at radius 1 is 1.73 bits per heavy atom. The SMILES string of the molecule is CC=CCC(N)(CC)C(=O)O. The van der Waals surface area contributed by atoms with Gasteiger partial charge in [0.15, 0.2) is 0 Å². The van der Waals surface area contributed by atoms with E-state index >= 15 is 0 Å². The zero-order chi connectivity index (χ0) is 8.91. The van der Waals surface area contributed by atoms with Crippen LogP contribution in [0.25, 0.3) is 0 Å². The number of hydrogen-bond acceptors (Lipinski definition) is 2. The molecule has 0 spiro atoms. The Bertz CT molecular complexity index is 165. The van der Waals surface area contributed by atoms with Crippen LogP contribution in [0.2, 0.25) is 0 Å². The summed E-state index contributed by atoms with van der Waals surface area (Å²) in [5, 5.41) is 8.70. The fourth-order valence-electron chi connectivity index (χ4n) is 0.711. The number of rotatable bonds is 4. The van der Waals surface area contributed by atoms with Gasteiger partial charge in [-0.1, -0.05) is 19.1 Å². The molecule has 1 unspecified atom stereocenters. The number of carboxylic acid groups (broad SMARTS) is 1. The van der Waals surface area contributed by atoms with Gasteiger partial charge in [0.2, 0.25) is 0 Å². The van der Waals surface area contributed by atoms with Crippen molar-refractivity contribution in [2.45, 2.75) is 32.2 Å². The molecule has 0 rings (SSSR count). The van der Waals surface area contributed by atoms with Gasteiger partial charge in [-0.15, -0.1) is 0 Å². The molecular weight excluding hydrogens is 142 g/mol. The Kier molecular flexibility index (Phi) is 3.82. The fraction of sp³-hybridized carbons (Fsp3) is 0.625.